The van der Waals surface area contributed by atoms with Gasteiger partial charge in [-0.1, -0.05) is 0 Å². The monoisotopic (exact) mass is 336 g/mol. The molecule has 6 heteroatoms. The molecule has 1 aromatic heterocycles. The standard InChI is InChI=1S/C14H13BrN2O3/c1-8-6-10(15)13(18)17(16-8)9-4-5-11-12(7-9)20-14(2,3)19-11/h4-7H,1-3H3. The highest BCUT2D eigenvalue weighted by Crippen LogP contribution is 2.39. The summed E-state index contributed by atoms with van der Waals surface area (Å²) in [5, 5.41) is 4.24. The number of benzene rings is 1. The van der Waals surface area contributed by atoms with Crippen LogP contribution in [-0.2, 0) is 0 Å². The zero-order chi connectivity index (χ0) is 14.5. The summed E-state index contributed by atoms with van der Waals surface area (Å²) in [6, 6.07) is 7.01. The summed E-state index contributed by atoms with van der Waals surface area (Å²) in [6.45, 7) is 5.50. The number of rotatable bonds is 1. The van der Waals surface area contributed by atoms with Gasteiger partial charge in [0.05, 0.1) is 15.9 Å². The average molecular weight is 337 g/mol. The average Bonchev–Trinajstić information content (AvgIpc) is 2.66. The Hall–Kier alpha value is -1.82. The van der Waals surface area contributed by atoms with Gasteiger partial charge in [0.1, 0.15) is 0 Å². The van der Waals surface area contributed by atoms with Crippen molar-refractivity contribution in [2.24, 2.45) is 0 Å². The molecular weight excluding hydrogens is 324 g/mol. The number of aromatic nitrogens is 2. The second-order valence-corrected chi connectivity index (χ2v) is 5.94. The van der Waals surface area contributed by atoms with Gasteiger partial charge in [0, 0.05) is 19.9 Å². The van der Waals surface area contributed by atoms with E-state index in [1.54, 1.807) is 24.3 Å². The maximum atomic E-state index is 12.1. The smallest absolute Gasteiger partial charge is 0.285 e. The predicted octanol–water partition coefficient (Wildman–Crippen LogP) is 2.81. The van der Waals surface area contributed by atoms with Crippen molar-refractivity contribution in [2.45, 2.75) is 26.6 Å². The molecule has 20 heavy (non-hydrogen) atoms. The minimum atomic E-state index is -0.688. The molecule has 0 bridgehead atoms. The summed E-state index contributed by atoms with van der Waals surface area (Å²) in [7, 11) is 0. The molecule has 2 heterocycles. The van der Waals surface area contributed by atoms with Gasteiger partial charge in [-0.2, -0.15) is 9.78 Å². The van der Waals surface area contributed by atoms with Gasteiger partial charge in [0.2, 0.25) is 5.79 Å². The predicted molar refractivity (Wildman–Crippen MR) is 77.6 cm³/mol. The highest BCUT2D eigenvalue weighted by Gasteiger charge is 2.31. The third kappa shape index (κ3) is 2.20. The maximum Gasteiger partial charge on any atom is 0.285 e. The Balaban J connectivity index is 2.12. The van der Waals surface area contributed by atoms with Crippen molar-refractivity contribution < 1.29 is 9.47 Å². The summed E-state index contributed by atoms with van der Waals surface area (Å²) >= 11 is 3.25. The molecule has 1 aromatic carbocycles. The van der Waals surface area contributed by atoms with Crippen LogP contribution < -0.4 is 15.0 Å². The third-order valence-electron chi connectivity index (χ3n) is 2.87. The number of nitrogens with zero attached hydrogens (tertiary/aromatic N) is 2. The number of hydrogen-bond acceptors (Lipinski definition) is 4. The van der Waals surface area contributed by atoms with E-state index in [4.69, 9.17) is 9.47 Å². The normalized spacial score (nSPS) is 15.4. The highest BCUT2D eigenvalue weighted by molar-refractivity contribution is 9.10. The lowest BCUT2D eigenvalue weighted by molar-refractivity contribution is -0.0431. The van der Waals surface area contributed by atoms with Crippen molar-refractivity contribution in [1.82, 2.24) is 9.78 Å². The first-order valence-electron chi connectivity index (χ1n) is 6.15. The van der Waals surface area contributed by atoms with Crippen LogP contribution in [-0.4, -0.2) is 15.6 Å². The molecule has 1 aliphatic rings. The van der Waals surface area contributed by atoms with Gasteiger partial charge in [0.15, 0.2) is 11.5 Å². The molecule has 0 spiro atoms. The zero-order valence-corrected chi connectivity index (χ0v) is 12.9. The lowest BCUT2D eigenvalue weighted by Crippen LogP contribution is -2.29. The van der Waals surface area contributed by atoms with E-state index >= 15 is 0 Å². The largest absolute Gasteiger partial charge is 0.449 e. The van der Waals surface area contributed by atoms with Crippen LogP contribution in [0.2, 0.25) is 0 Å². The molecule has 0 aliphatic carbocycles. The molecule has 0 amide bonds. The number of hydrogen-bond donors (Lipinski definition) is 0. The molecular formula is C14H13BrN2O3. The Kier molecular flexibility index (Phi) is 2.86. The van der Waals surface area contributed by atoms with Crippen LogP contribution in [0.5, 0.6) is 11.5 Å². The molecule has 104 valence electrons. The van der Waals surface area contributed by atoms with E-state index in [-0.39, 0.29) is 5.56 Å². The molecule has 5 nitrogen and oxygen atoms in total. The van der Waals surface area contributed by atoms with Crippen LogP contribution in [0.4, 0.5) is 0 Å². The molecule has 3 rings (SSSR count). The van der Waals surface area contributed by atoms with E-state index in [0.717, 1.165) is 5.69 Å². The van der Waals surface area contributed by atoms with Crippen LogP contribution in [0.1, 0.15) is 19.5 Å². The SMILES string of the molecule is Cc1cc(Br)c(=O)n(-c2ccc3c(c2)OC(C)(C)O3)n1. The minimum absolute atomic E-state index is 0.214. The molecule has 0 unspecified atom stereocenters. The van der Waals surface area contributed by atoms with Gasteiger partial charge in [0.25, 0.3) is 5.56 Å². The first kappa shape index (κ1) is 13.2. The van der Waals surface area contributed by atoms with E-state index in [2.05, 4.69) is 21.0 Å². The molecule has 2 aromatic rings. The number of ether oxygens (including phenoxy) is 2. The summed E-state index contributed by atoms with van der Waals surface area (Å²) in [4.78, 5) is 12.1. The fraction of sp³-hybridized carbons (Fsp3) is 0.286. The summed E-state index contributed by atoms with van der Waals surface area (Å²) < 4.78 is 13.1. The Bertz CT molecular complexity index is 753. The summed E-state index contributed by atoms with van der Waals surface area (Å²) in [6.07, 6.45) is 0. The van der Waals surface area contributed by atoms with Crippen LogP contribution in [0.25, 0.3) is 5.69 Å². The topological polar surface area (TPSA) is 53.4 Å². The fourth-order valence-corrected chi connectivity index (χ4v) is 2.60. The number of aryl methyl sites for hydroxylation is 1. The van der Waals surface area contributed by atoms with E-state index < -0.39 is 5.79 Å². The van der Waals surface area contributed by atoms with Crippen LogP contribution in [0, 0.1) is 6.92 Å². The van der Waals surface area contributed by atoms with E-state index in [1.807, 2.05) is 20.8 Å². The first-order chi connectivity index (χ1) is 9.35. The van der Waals surface area contributed by atoms with Crippen LogP contribution in [0.15, 0.2) is 33.5 Å². The first-order valence-corrected chi connectivity index (χ1v) is 6.94. The van der Waals surface area contributed by atoms with Crippen molar-refractivity contribution in [1.29, 1.82) is 0 Å². The fourth-order valence-electron chi connectivity index (χ4n) is 2.10. The Morgan fingerprint density at radius 1 is 1.20 bits per heavy atom. The van der Waals surface area contributed by atoms with E-state index in [1.165, 1.54) is 4.68 Å². The zero-order valence-electron chi connectivity index (χ0n) is 11.3. The van der Waals surface area contributed by atoms with Gasteiger partial charge in [-0.15, -0.1) is 0 Å². The Morgan fingerprint density at radius 2 is 1.90 bits per heavy atom. The van der Waals surface area contributed by atoms with E-state index in [0.29, 0.717) is 21.7 Å². The molecule has 1 aliphatic heterocycles. The molecule has 0 atom stereocenters. The quantitative estimate of drug-likeness (QED) is 0.803. The molecule has 0 N–H and O–H groups in total. The Labute approximate surface area is 124 Å². The summed E-state index contributed by atoms with van der Waals surface area (Å²) in [5.41, 5.74) is 1.17. The molecule has 0 saturated heterocycles. The van der Waals surface area contributed by atoms with E-state index in [9.17, 15) is 4.79 Å². The van der Waals surface area contributed by atoms with Crippen molar-refractivity contribution in [3.63, 3.8) is 0 Å². The van der Waals surface area contributed by atoms with Crippen molar-refractivity contribution in [3.05, 3.63) is 44.8 Å². The minimum Gasteiger partial charge on any atom is -0.449 e. The number of fused-ring (bicyclic) bond motifs is 1. The van der Waals surface area contributed by atoms with Gasteiger partial charge in [-0.05, 0) is 41.1 Å². The van der Waals surface area contributed by atoms with Crippen molar-refractivity contribution in [3.8, 4) is 17.2 Å². The van der Waals surface area contributed by atoms with Gasteiger partial charge in [-0.25, -0.2) is 0 Å². The van der Waals surface area contributed by atoms with Gasteiger partial charge >= 0.3 is 0 Å². The lowest BCUT2D eigenvalue weighted by atomic mass is 10.3. The second-order valence-electron chi connectivity index (χ2n) is 5.09. The lowest BCUT2D eigenvalue weighted by Gasteiger charge is -2.16. The van der Waals surface area contributed by atoms with Crippen LogP contribution >= 0.6 is 15.9 Å². The van der Waals surface area contributed by atoms with Crippen molar-refractivity contribution >= 4 is 15.9 Å². The van der Waals surface area contributed by atoms with Gasteiger partial charge in [-0.3, -0.25) is 4.79 Å². The molecule has 0 radical (unpaired) electrons. The second kappa shape index (κ2) is 4.34. The molecule has 0 fully saturated rings. The van der Waals surface area contributed by atoms with Crippen molar-refractivity contribution in [2.75, 3.05) is 0 Å². The maximum absolute atomic E-state index is 12.1. The van der Waals surface area contributed by atoms with Crippen LogP contribution in [0.3, 0.4) is 0 Å². The Morgan fingerprint density at radius 3 is 2.65 bits per heavy atom. The summed E-state index contributed by atoms with van der Waals surface area (Å²) in [5.74, 6) is 0.587. The van der Waals surface area contributed by atoms with Gasteiger partial charge < -0.3 is 9.47 Å². The number of halogens is 1. The molecule has 0 saturated carbocycles. The highest BCUT2D eigenvalue weighted by atomic mass is 79.9. The third-order valence-corrected chi connectivity index (χ3v) is 3.44.